The molecule has 1 atom stereocenters. The predicted molar refractivity (Wildman–Crippen MR) is 66.6 cm³/mol. The summed E-state index contributed by atoms with van der Waals surface area (Å²) in [5.74, 6) is 0.239. The van der Waals surface area contributed by atoms with Crippen molar-refractivity contribution in [3.05, 3.63) is 35.4 Å². The van der Waals surface area contributed by atoms with Gasteiger partial charge in [-0.25, -0.2) is 0 Å². The van der Waals surface area contributed by atoms with Crippen LogP contribution in [0.1, 0.15) is 29.9 Å². The Kier molecular flexibility index (Phi) is 2.44. The van der Waals surface area contributed by atoms with Crippen molar-refractivity contribution in [3.63, 3.8) is 0 Å². The molecule has 1 saturated carbocycles. The lowest BCUT2D eigenvalue weighted by Gasteiger charge is -2.29. The van der Waals surface area contributed by atoms with Crippen molar-refractivity contribution in [1.82, 2.24) is 5.32 Å². The first-order chi connectivity index (χ1) is 8.24. The molecule has 2 aliphatic rings. The summed E-state index contributed by atoms with van der Waals surface area (Å²) in [6, 6.07) is 8.18. The molecule has 3 rings (SSSR count). The van der Waals surface area contributed by atoms with Gasteiger partial charge in [0, 0.05) is 6.54 Å². The summed E-state index contributed by atoms with van der Waals surface area (Å²) in [6.45, 7) is 1.44. The monoisotopic (exact) mass is 230 g/mol. The van der Waals surface area contributed by atoms with Crippen LogP contribution in [0.5, 0.6) is 0 Å². The molecular weight excluding hydrogens is 212 g/mol. The van der Waals surface area contributed by atoms with Gasteiger partial charge in [0.1, 0.15) is 0 Å². The first-order valence-corrected chi connectivity index (χ1v) is 6.30. The highest BCUT2D eigenvalue weighted by atomic mass is 16.1. The SMILES string of the molecule is NCC1(CNC(=O)C2Cc3ccccc32)CC1. The second kappa shape index (κ2) is 3.84. The van der Waals surface area contributed by atoms with Crippen LogP contribution in [0.15, 0.2) is 24.3 Å². The van der Waals surface area contributed by atoms with Crippen molar-refractivity contribution in [3.8, 4) is 0 Å². The van der Waals surface area contributed by atoms with E-state index in [-0.39, 0.29) is 17.2 Å². The van der Waals surface area contributed by atoms with Crippen molar-refractivity contribution < 1.29 is 4.79 Å². The standard InChI is InChI=1S/C14H18N2O/c15-8-14(5-6-14)9-16-13(17)12-7-10-3-1-2-4-11(10)12/h1-4,12H,5-9,15H2,(H,16,17). The summed E-state index contributed by atoms with van der Waals surface area (Å²) >= 11 is 0. The fraction of sp³-hybridized carbons (Fsp3) is 0.500. The van der Waals surface area contributed by atoms with E-state index >= 15 is 0 Å². The van der Waals surface area contributed by atoms with Crippen LogP contribution in [0.25, 0.3) is 0 Å². The molecule has 1 aromatic carbocycles. The Morgan fingerprint density at radius 1 is 1.41 bits per heavy atom. The van der Waals surface area contributed by atoms with Gasteiger partial charge < -0.3 is 11.1 Å². The average Bonchev–Trinajstić information content (AvgIpc) is 3.09. The van der Waals surface area contributed by atoms with E-state index in [0.717, 1.165) is 25.8 Å². The average molecular weight is 230 g/mol. The smallest absolute Gasteiger partial charge is 0.227 e. The highest BCUT2D eigenvalue weighted by Gasteiger charge is 2.42. The van der Waals surface area contributed by atoms with E-state index in [1.165, 1.54) is 11.1 Å². The number of hydrogen-bond donors (Lipinski definition) is 2. The van der Waals surface area contributed by atoms with E-state index in [4.69, 9.17) is 5.73 Å². The molecule has 1 aromatic rings. The molecule has 1 fully saturated rings. The van der Waals surface area contributed by atoms with Crippen molar-refractivity contribution in [2.45, 2.75) is 25.2 Å². The minimum Gasteiger partial charge on any atom is -0.355 e. The quantitative estimate of drug-likeness (QED) is 0.816. The largest absolute Gasteiger partial charge is 0.355 e. The Morgan fingerprint density at radius 3 is 2.82 bits per heavy atom. The summed E-state index contributed by atoms with van der Waals surface area (Å²) in [5, 5.41) is 3.06. The number of hydrogen-bond acceptors (Lipinski definition) is 2. The maximum atomic E-state index is 12.0. The summed E-state index contributed by atoms with van der Waals surface area (Å²) in [4.78, 5) is 12.0. The number of fused-ring (bicyclic) bond motifs is 1. The van der Waals surface area contributed by atoms with E-state index in [9.17, 15) is 4.79 Å². The first-order valence-electron chi connectivity index (χ1n) is 6.30. The third kappa shape index (κ3) is 1.84. The van der Waals surface area contributed by atoms with Crippen LogP contribution in [0.3, 0.4) is 0 Å². The zero-order valence-electron chi connectivity index (χ0n) is 9.91. The summed E-state index contributed by atoms with van der Waals surface area (Å²) < 4.78 is 0. The molecule has 0 saturated heterocycles. The van der Waals surface area contributed by atoms with Crippen LogP contribution < -0.4 is 11.1 Å². The van der Waals surface area contributed by atoms with E-state index < -0.39 is 0 Å². The van der Waals surface area contributed by atoms with Gasteiger partial charge in [-0.3, -0.25) is 4.79 Å². The molecule has 0 heterocycles. The third-order valence-electron chi connectivity index (χ3n) is 4.20. The minimum absolute atomic E-state index is 0.0692. The molecule has 3 nitrogen and oxygen atoms in total. The fourth-order valence-corrected chi connectivity index (χ4v) is 2.52. The van der Waals surface area contributed by atoms with Gasteiger partial charge in [0.15, 0.2) is 0 Å². The highest BCUT2D eigenvalue weighted by molar-refractivity contribution is 5.86. The molecule has 3 heteroatoms. The maximum Gasteiger partial charge on any atom is 0.227 e. The summed E-state index contributed by atoms with van der Waals surface area (Å²) in [5.41, 5.74) is 8.43. The van der Waals surface area contributed by atoms with Gasteiger partial charge in [0.2, 0.25) is 5.91 Å². The Morgan fingerprint density at radius 2 is 2.18 bits per heavy atom. The number of benzene rings is 1. The zero-order valence-corrected chi connectivity index (χ0v) is 9.91. The van der Waals surface area contributed by atoms with Crippen molar-refractivity contribution in [2.75, 3.05) is 13.1 Å². The molecule has 17 heavy (non-hydrogen) atoms. The van der Waals surface area contributed by atoms with Crippen LogP contribution in [-0.4, -0.2) is 19.0 Å². The van der Waals surface area contributed by atoms with Crippen molar-refractivity contribution >= 4 is 5.91 Å². The van der Waals surface area contributed by atoms with Gasteiger partial charge in [0.25, 0.3) is 0 Å². The normalized spacial score (nSPS) is 23.5. The Balaban J connectivity index is 1.58. The molecule has 1 unspecified atom stereocenters. The molecule has 90 valence electrons. The zero-order chi connectivity index (χ0) is 11.9. The second-order valence-electron chi connectivity index (χ2n) is 5.38. The van der Waals surface area contributed by atoms with Gasteiger partial charge in [-0.05, 0) is 42.3 Å². The van der Waals surface area contributed by atoms with E-state index in [1.54, 1.807) is 0 Å². The summed E-state index contributed by atoms with van der Waals surface area (Å²) in [7, 11) is 0. The molecular formula is C14H18N2O. The number of rotatable bonds is 4. The molecule has 0 aliphatic heterocycles. The van der Waals surface area contributed by atoms with Crippen LogP contribution >= 0.6 is 0 Å². The van der Waals surface area contributed by atoms with Crippen molar-refractivity contribution in [2.24, 2.45) is 11.1 Å². The minimum atomic E-state index is 0.0692. The van der Waals surface area contributed by atoms with Crippen LogP contribution in [-0.2, 0) is 11.2 Å². The van der Waals surface area contributed by atoms with E-state index in [0.29, 0.717) is 6.54 Å². The summed E-state index contributed by atoms with van der Waals surface area (Å²) in [6.07, 6.45) is 3.20. The molecule has 0 aromatic heterocycles. The van der Waals surface area contributed by atoms with Crippen LogP contribution in [0, 0.1) is 5.41 Å². The topological polar surface area (TPSA) is 55.1 Å². The molecule has 0 radical (unpaired) electrons. The molecule has 1 amide bonds. The van der Waals surface area contributed by atoms with Gasteiger partial charge in [-0.15, -0.1) is 0 Å². The van der Waals surface area contributed by atoms with Gasteiger partial charge in [-0.1, -0.05) is 24.3 Å². The van der Waals surface area contributed by atoms with Gasteiger partial charge in [-0.2, -0.15) is 0 Å². The Hall–Kier alpha value is -1.35. The third-order valence-corrected chi connectivity index (χ3v) is 4.20. The van der Waals surface area contributed by atoms with Crippen LogP contribution in [0.2, 0.25) is 0 Å². The Labute approximate surface area is 101 Å². The maximum absolute atomic E-state index is 12.0. The molecule has 3 N–H and O–H groups in total. The van der Waals surface area contributed by atoms with E-state index in [1.807, 2.05) is 12.1 Å². The Bertz CT molecular complexity index is 451. The lowest BCUT2D eigenvalue weighted by molar-refractivity contribution is -0.123. The predicted octanol–water partition coefficient (Wildman–Crippen LogP) is 1.18. The second-order valence-corrected chi connectivity index (χ2v) is 5.38. The van der Waals surface area contributed by atoms with E-state index in [2.05, 4.69) is 17.4 Å². The number of nitrogens with one attached hydrogen (secondary N) is 1. The fourth-order valence-electron chi connectivity index (χ4n) is 2.52. The molecule has 0 spiro atoms. The number of nitrogens with two attached hydrogens (primary N) is 1. The van der Waals surface area contributed by atoms with Gasteiger partial charge >= 0.3 is 0 Å². The van der Waals surface area contributed by atoms with Crippen molar-refractivity contribution in [1.29, 1.82) is 0 Å². The molecule has 2 aliphatic carbocycles. The lowest BCUT2D eigenvalue weighted by atomic mass is 9.77. The number of carbonyl (C=O) groups excluding carboxylic acids is 1. The van der Waals surface area contributed by atoms with Gasteiger partial charge in [0.05, 0.1) is 5.92 Å². The van der Waals surface area contributed by atoms with Crippen LogP contribution in [0.4, 0.5) is 0 Å². The molecule has 0 bridgehead atoms. The lowest BCUT2D eigenvalue weighted by Crippen LogP contribution is -2.39. The number of amides is 1. The highest BCUT2D eigenvalue weighted by Crippen LogP contribution is 2.44. The number of carbonyl (C=O) groups is 1. The first kappa shape index (κ1) is 10.8.